The first-order valence-corrected chi connectivity index (χ1v) is 5.03. The van der Waals surface area contributed by atoms with E-state index in [-0.39, 0.29) is 5.69 Å². The number of nitrogens with zero attached hydrogens (tertiary/aromatic N) is 1. The van der Waals surface area contributed by atoms with Crippen LogP contribution in [0.5, 0.6) is 0 Å². The number of H-pyrrole nitrogens is 1. The number of hydrogen-bond acceptors (Lipinski definition) is 2. The predicted molar refractivity (Wildman–Crippen MR) is 60.3 cm³/mol. The van der Waals surface area contributed by atoms with Crippen LogP contribution in [0, 0.1) is 5.82 Å². The van der Waals surface area contributed by atoms with E-state index in [1.807, 2.05) is 0 Å². The molecule has 1 aromatic heterocycles. The van der Waals surface area contributed by atoms with Crippen molar-refractivity contribution in [3.05, 3.63) is 50.7 Å². The Morgan fingerprint density at radius 1 is 1.19 bits per heavy atom. The van der Waals surface area contributed by atoms with E-state index in [1.54, 1.807) is 0 Å². The lowest BCUT2D eigenvalue weighted by Gasteiger charge is -2.03. The minimum Gasteiger partial charge on any atom is -0.303 e. The molecule has 2 rings (SSSR count). The van der Waals surface area contributed by atoms with Crippen LogP contribution >= 0.6 is 23.2 Å². The number of hydrogen-bond donors (Lipinski definition) is 1. The highest BCUT2D eigenvalue weighted by Gasteiger charge is 2.08. The van der Waals surface area contributed by atoms with Crippen molar-refractivity contribution in [3.8, 4) is 11.3 Å². The zero-order valence-electron chi connectivity index (χ0n) is 7.80. The SMILES string of the molecule is O=c1ncc(F)c(-c2cc(Cl)cc(Cl)c2)[nH]1. The summed E-state index contributed by atoms with van der Waals surface area (Å²) in [5.74, 6) is -0.641. The minimum absolute atomic E-state index is 0.0180. The topological polar surface area (TPSA) is 45.8 Å². The number of nitrogens with one attached hydrogen (secondary N) is 1. The Bertz CT molecular complexity index is 577. The third-order valence-corrected chi connectivity index (χ3v) is 2.35. The van der Waals surface area contributed by atoms with Crippen LogP contribution in [0.3, 0.4) is 0 Å². The van der Waals surface area contributed by atoms with Crippen molar-refractivity contribution in [2.75, 3.05) is 0 Å². The highest BCUT2D eigenvalue weighted by Crippen LogP contribution is 2.26. The van der Waals surface area contributed by atoms with Gasteiger partial charge in [0.1, 0.15) is 0 Å². The standard InChI is InChI=1S/C10H5Cl2FN2O/c11-6-1-5(2-7(12)3-6)9-8(13)4-14-10(16)15-9/h1-4H,(H,14,15,16). The van der Waals surface area contributed by atoms with Crippen LogP contribution in [0.2, 0.25) is 10.0 Å². The van der Waals surface area contributed by atoms with Gasteiger partial charge in [-0.05, 0) is 18.2 Å². The average molecular weight is 259 g/mol. The van der Waals surface area contributed by atoms with E-state index in [0.717, 1.165) is 6.20 Å². The van der Waals surface area contributed by atoms with Crippen LogP contribution in [0.25, 0.3) is 11.3 Å². The van der Waals surface area contributed by atoms with Crippen LogP contribution < -0.4 is 5.69 Å². The summed E-state index contributed by atoms with van der Waals surface area (Å²) in [5.41, 5.74) is -0.216. The zero-order chi connectivity index (χ0) is 11.7. The molecule has 0 amide bonds. The van der Waals surface area contributed by atoms with Crippen molar-refractivity contribution in [1.82, 2.24) is 9.97 Å². The van der Waals surface area contributed by atoms with Gasteiger partial charge in [0.25, 0.3) is 0 Å². The summed E-state index contributed by atoms with van der Waals surface area (Å²) in [5, 5.41) is 0.721. The second-order valence-electron chi connectivity index (χ2n) is 3.07. The molecule has 3 nitrogen and oxygen atoms in total. The minimum atomic E-state index is -0.641. The van der Waals surface area contributed by atoms with Crippen molar-refractivity contribution in [3.63, 3.8) is 0 Å². The van der Waals surface area contributed by atoms with Crippen molar-refractivity contribution in [2.24, 2.45) is 0 Å². The van der Waals surface area contributed by atoms with E-state index < -0.39 is 11.5 Å². The van der Waals surface area contributed by atoms with E-state index in [0.29, 0.717) is 15.6 Å². The number of benzene rings is 1. The smallest absolute Gasteiger partial charge is 0.303 e. The Morgan fingerprint density at radius 2 is 1.81 bits per heavy atom. The molecule has 16 heavy (non-hydrogen) atoms. The summed E-state index contributed by atoms with van der Waals surface area (Å²) in [6.45, 7) is 0. The number of rotatable bonds is 1. The molecule has 0 aliphatic rings. The summed E-state index contributed by atoms with van der Waals surface area (Å²) in [7, 11) is 0. The van der Waals surface area contributed by atoms with Crippen LogP contribution in [-0.4, -0.2) is 9.97 Å². The Morgan fingerprint density at radius 3 is 2.44 bits per heavy atom. The largest absolute Gasteiger partial charge is 0.345 e. The van der Waals surface area contributed by atoms with E-state index in [9.17, 15) is 9.18 Å². The van der Waals surface area contributed by atoms with Gasteiger partial charge in [0.05, 0.1) is 11.9 Å². The van der Waals surface area contributed by atoms with Gasteiger partial charge in [-0.2, -0.15) is 4.98 Å². The summed E-state index contributed by atoms with van der Waals surface area (Å²) in [6, 6.07) is 4.52. The van der Waals surface area contributed by atoms with E-state index in [2.05, 4.69) is 9.97 Å². The fraction of sp³-hybridized carbons (Fsp3) is 0. The first-order chi connectivity index (χ1) is 7.56. The molecule has 0 fully saturated rings. The maximum Gasteiger partial charge on any atom is 0.345 e. The summed E-state index contributed by atoms with van der Waals surface area (Å²) in [4.78, 5) is 16.5. The monoisotopic (exact) mass is 258 g/mol. The van der Waals surface area contributed by atoms with Gasteiger partial charge in [0.15, 0.2) is 5.82 Å². The molecular formula is C10H5Cl2FN2O. The molecule has 1 N–H and O–H groups in total. The lowest BCUT2D eigenvalue weighted by molar-refractivity contribution is 0.615. The lowest BCUT2D eigenvalue weighted by Crippen LogP contribution is -2.11. The number of aromatic nitrogens is 2. The van der Waals surface area contributed by atoms with Crippen LogP contribution in [0.1, 0.15) is 0 Å². The number of halogens is 3. The molecular weight excluding hydrogens is 254 g/mol. The van der Waals surface area contributed by atoms with Crippen molar-refractivity contribution < 1.29 is 4.39 Å². The molecule has 1 aromatic carbocycles. The van der Waals surface area contributed by atoms with E-state index >= 15 is 0 Å². The van der Waals surface area contributed by atoms with E-state index in [4.69, 9.17) is 23.2 Å². The summed E-state index contributed by atoms with van der Waals surface area (Å²) in [6.07, 6.45) is 0.850. The zero-order valence-corrected chi connectivity index (χ0v) is 9.31. The molecule has 0 aliphatic heterocycles. The molecule has 0 saturated heterocycles. The van der Waals surface area contributed by atoms with Gasteiger partial charge < -0.3 is 4.98 Å². The molecule has 82 valence electrons. The number of aromatic amines is 1. The van der Waals surface area contributed by atoms with Gasteiger partial charge >= 0.3 is 5.69 Å². The highest BCUT2D eigenvalue weighted by atomic mass is 35.5. The maximum absolute atomic E-state index is 13.4. The van der Waals surface area contributed by atoms with E-state index in [1.165, 1.54) is 18.2 Å². The average Bonchev–Trinajstić information content (AvgIpc) is 2.20. The Labute approximate surface area is 99.9 Å². The second-order valence-corrected chi connectivity index (χ2v) is 3.94. The molecule has 0 spiro atoms. The molecule has 0 bridgehead atoms. The fourth-order valence-electron chi connectivity index (χ4n) is 1.29. The second kappa shape index (κ2) is 4.23. The van der Waals surface area contributed by atoms with Crippen molar-refractivity contribution in [2.45, 2.75) is 0 Å². The third-order valence-electron chi connectivity index (χ3n) is 1.92. The van der Waals surface area contributed by atoms with Crippen LogP contribution in [0.4, 0.5) is 4.39 Å². The molecule has 2 aromatic rings. The molecule has 6 heteroatoms. The van der Waals surface area contributed by atoms with Gasteiger partial charge in [-0.3, -0.25) is 0 Å². The Balaban J connectivity index is 2.66. The fourth-order valence-corrected chi connectivity index (χ4v) is 1.81. The first kappa shape index (κ1) is 11.1. The predicted octanol–water partition coefficient (Wildman–Crippen LogP) is 2.88. The van der Waals surface area contributed by atoms with Gasteiger partial charge in [-0.25, -0.2) is 9.18 Å². The van der Waals surface area contributed by atoms with Crippen molar-refractivity contribution >= 4 is 23.2 Å². The molecule has 0 saturated carbocycles. The van der Waals surface area contributed by atoms with Crippen LogP contribution in [0.15, 0.2) is 29.2 Å². The normalized spacial score (nSPS) is 10.4. The molecule has 0 aliphatic carbocycles. The summed E-state index contributed by atoms with van der Waals surface area (Å²) < 4.78 is 13.4. The Hall–Kier alpha value is -1.39. The summed E-state index contributed by atoms with van der Waals surface area (Å²) >= 11 is 11.6. The maximum atomic E-state index is 13.4. The van der Waals surface area contributed by atoms with Gasteiger partial charge in [0.2, 0.25) is 0 Å². The quantitative estimate of drug-likeness (QED) is 0.855. The Kier molecular flexibility index (Phi) is 2.94. The highest BCUT2D eigenvalue weighted by molar-refractivity contribution is 6.35. The third kappa shape index (κ3) is 2.23. The molecule has 0 unspecified atom stereocenters. The molecule has 0 atom stereocenters. The molecule has 1 heterocycles. The van der Waals surface area contributed by atoms with Gasteiger partial charge in [0, 0.05) is 15.6 Å². The van der Waals surface area contributed by atoms with Gasteiger partial charge in [-0.1, -0.05) is 23.2 Å². The molecule has 0 radical (unpaired) electrons. The first-order valence-electron chi connectivity index (χ1n) is 4.27. The van der Waals surface area contributed by atoms with Crippen molar-refractivity contribution in [1.29, 1.82) is 0 Å². The lowest BCUT2D eigenvalue weighted by atomic mass is 10.1. The van der Waals surface area contributed by atoms with Crippen LogP contribution in [-0.2, 0) is 0 Å². The van der Waals surface area contributed by atoms with Gasteiger partial charge in [-0.15, -0.1) is 0 Å².